The van der Waals surface area contributed by atoms with Crippen LogP contribution in [0.1, 0.15) is 6.92 Å². The Kier molecular flexibility index (Phi) is 5.88. The SMILES string of the molecule is CC(CO)(CO)NS(=O)(=O)c1ccc(OC(F)F)c(Cl)c1. The topological polar surface area (TPSA) is 95.9 Å². The lowest BCUT2D eigenvalue weighted by atomic mass is 10.1. The van der Waals surface area contributed by atoms with Gasteiger partial charge in [-0.1, -0.05) is 11.6 Å². The minimum Gasteiger partial charge on any atom is -0.433 e. The molecule has 10 heteroatoms. The molecule has 0 fully saturated rings. The lowest BCUT2D eigenvalue weighted by Crippen LogP contribution is -2.51. The Hall–Kier alpha value is -1.00. The van der Waals surface area contributed by atoms with Gasteiger partial charge in [-0.05, 0) is 25.1 Å². The van der Waals surface area contributed by atoms with E-state index >= 15 is 0 Å². The molecule has 21 heavy (non-hydrogen) atoms. The Morgan fingerprint density at radius 2 is 1.95 bits per heavy atom. The molecule has 0 saturated heterocycles. The maximum Gasteiger partial charge on any atom is 0.387 e. The molecular weight excluding hydrogens is 332 g/mol. The zero-order chi connectivity index (χ0) is 16.3. The van der Waals surface area contributed by atoms with Crippen LogP contribution in [0.5, 0.6) is 5.75 Å². The third kappa shape index (κ3) is 4.75. The number of hydrogen-bond donors (Lipinski definition) is 3. The number of hydrogen-bond acceptors (Lipinski definition) is 5. The van der Waals surface area contributed by atoms with Crippen molar-refractivity contribution in [3.8, 4) is 5.75 Å². The zero-order valence-corrected chi connectivity index (χ0v) is 12.5. The van der Waals surface area contributed by atoms with Gasteiger partial charge in [0, 0.05) is 0 Å². The summed E-state index contributed by atoms with van der Waals surface area (Å²) in [6.07, 6.45) is 0. The average molecular weight is 346 g/mol. The average Bonchev–Trinajstić information content (AvgIpc) is 2.40. The van der Waals surface area contributed by atoms with Crippen molar-refractivity contribution in [1.29, 1.82) is 0 Å². The number of aliphatic hydroxyl groups is 2. The highest BCUT2D eigenvalue weighted by Crippen LogP contribution is 2.29. The van der Waals surface area contributed by atoms with Crippen LogP contribution in [-0.4, -0.2) is 44.0 Å². The number of ether oxygens (including phenoxy) is 1. The van der Waals surface area contributed by atoms with Crippen molar-refractivity contribution in [2.24, 2.45) is 0 Å². The first kappa shape index (κ1) is 18.1. The normalized spacial score (nSPS) is 12.7. The Morgan fingerprint density at radius 1 is 1.38 bits per heavy atom. The summed E-state index contributed by atoms with van der Waals surface area (Å²) in [7, 11) is -4.11. The molecule has 0 spiro atoms. The first-order valence-electron chi connectivity index (χ1n) is 5.63. The number of benzene rings is 1. The van der Waals surface area contributed by atoms with Crippen molar-refractivity contribution < 1.29 is 32.1 Å². The third-order valence-electron chi connectivity index (χ3n) is 2.51. The molecule has 1 aromatic carbocycles. The van der Waals surface area contributed by atoms with Crippen LogP contribution in [-0.2, 0) is 10.0 Å². The van der Waals surface area contributed by atoms with E-state index in [2.05, 4.69) is 9.46 Å². The quantitative estimate of drug-likeness (QED) is 0.684. The minimum absolute atomic E-state index is 0.312. The van der Waals surface area contributed by atoms with E-state index in [4.69, 9.17) is 21.8 Å². The molecule has 0 bridgehead atoms. The molecule has 1 aromatic rings. The second-order valence-electron chi connectivity index (χ2n) is 4.45. The fourth-order valence-electron chi connectivity index (χ4n) is 1.34. The smallest absolute Gasteiger partial charge is 0.387 e. The molecule has 0 heterocycles. The Labute approximate surface area is 125 Å². The van der Waals surface area contributed by atoms with Gasteiger partial charge in [0.2, 0.25) is 10.0 Å². The van der Waals surface area contributed by atoms with Crippen LogP contribution in [0.25, 0.3) is 0 Å². The molecule has 0 amide bonds. The molecule has 6 nitrogen and oxygen atoms in total. The van der Waals surface area contributed by atoms with Gasteiger partial charge >= 0.3 is 6.61 Å². The second kappa shape index (κ2) is 6.84. The van der Waals surface area contributed by atoms with E-state index in [9.17, 15) is 17.2 Å². The van der Waals surface area contributed by atoms with Crippen molar-refractivity contribution in [2.45, 2.75) is 24.0 Å². The van der Waals surface area contributed by atoms with E-state index < -0.39 is 35.4 Å². The molecule has 0 radical (unpaired) electrons. The third-order valence-corrected chi connectivity index (χ3v) is 4.44. The van der Waals surface area contributed by atoms with E-state index in [0.29, 0.717) is 0 Å². The van der Waals surface area contributed by atoms with E-state index in [-0.39, 0.29) is 15.7 Å². The van der Waals surface area contributed by atoms with Crippen molar-refractivity contribution in [3.05, 3.63) is 23.2 Å². The fourth-order valence-corrected chi connectivity index (χ4v) is 3.04. The Bertz CT molecular complexity index is 592. The molecule has 0 unspecified atom stereocenters. The predicted molar refractivity (Wildman–Crippen MR) is 71.0 cm³/mol. The van der Waals surface area contributed by atoms with Gasteiger partial charge in [-0.25, -0.2) is 13.1 Å². The Balaban J connectivity index is 3.07. The highest BCUT2D eigenvalue weighted by molar-refractivity contribution is 7.89. The van der Waals surface area contributed by atoms with Crippen LogP contribution >= 0.6 is 11.6 Å². The molecule has 3 N–H and O–H groups in total. The lowest BCUT2D eigenvalue weighted by Gasteiger charge is -2.25. The molecule has 1 rings (SSSR count). The first-order valence-corrected chi connectivity index (χ1v) is 7.50. The zero-order valence-electron chi connectivity index (χ0n) is 10.9. The van der Waals surface area contributed by atoms with Crippen molar-refractivity contribution >= 4 is 21.6 Å². The molecule has 0 aliphatic carbocycles. The standard InChI is InChI=1S/C11H14ClF2NO5S/c1-11(5-16,6-17)15-21(18,19)7-2-3-9(8(12)4-7)20-10(13)14/h2-4,10,15-17H,5-6H2,1H3. The van der Waals surface area contributed by atoms with Crippen LogP contribution in [0, 0.1) is 0 Å². The maximum absolute atomic E-state index is 12.1. The number of sulfonamides is 1. The number of nitrogens with one attached hydrogen (secondary N) is 1. The summed E-state index contributed by atoms with van der Waals surface area (Å²) < 4.78 is 54.5. The summed E-state index contributed by atoms with van der Waals surface area (Å²) in [5.74, 6) is -0.363. The summed E-state index contributed by atoms with van der Waals surface area (Å²) in [6.45, 7) is -3.07. The molecule has 0 aliphatic rings. The van der Waals surface area contributed by atoms with Crippen molar-refractivity contribution in [2.75, 3.05) is 13.2 Å². The molecule has 0 saturated carbocycles. The highest BCUT2D eigenvalue weighted by atomic mass is 35.5. The summed E-state index contributed by atoms with van der Waals surface area (Å²) in [6, 6.07) is 2.93. The Morgan fingerprint density at radius 3 is 2.38 bits per heavy atom. The summed E-state index contributed by atoms with van der Waals surface area (Å²) in [5, 5.41) is 17.8. The van der Waals surface area contributed by atoms with Crippen molar-refractivity contribution in [1.82, 2.24) is 4.72 Å². The fraction of sp³-hybridized carbons (Fsp3) is 0.455. The predicted octanol–water partition coefficient (Wildman–Crippen LogP) is 0.963. The van der Waals surface area contributed by atoms with Gasteiger partial charge in [0.15, 0.2) is 0 Å². The molecule has 0 atom stereocenters. The highest BCUT2D eigenvalue weighted by Gasteiger charge is 2.30. The number of rotatable bonds is 7. The maximum atomic E-state index is 12.1. The molecular formula is C11H14ClF2NO5S. The van der Waals surface area contributed by atoms with Crippen LogP contribution in [0.2, 0.25) is 5.02 Å². The van der Waals surface area contributed by atoms with Crippen LogP contribution in [0.4, 0.5) is 8.78 Å². The van der Waals surface area contributed by atoms with Crippen LogP contribution in [0.3, 0.4) is 0 Å². The summed E-state index contributed by atoms with van der Waals surface area (Å²) in [5.41, 5.74) is -1.47. The van der Waals surface area contributed by atoms with Gasteiger partial charge in [0.25, 0.3) is 0 Å². The lowest BCUT2D eigenvalue weighted by molar-refractivity contribution is -0.0498. The van der Waals surface area contributed by atoms with Crippen molar-refractivity contribution in [3.63, 3.8) is 0 Å². The van der Waals surface area contributed by atoms with Gasteiger partial charge < -0.3 is 14.9 Å². The first-order chi connectivity index (χ1) is 9.63. The van der Waals surface area contributed by atoms with Crippen LogP contribution in [0.15, 0.2) is 23.1 Å². The summed E-state index contributed by atoms with van der Waals surface area (Å²) >= 11 is 5.67. The summed E-state index contributed by atoms with van der Waals surface area (Å²) in [4.78, 5) is -0.317. The van der Waals surface area contributed by atoms with Gasteiger partial charge in [-0.15, -0.1) is 0 Å². The number of halogens is 3. The van der Waals surface area contributed by atoms with Gasteiger partial charge in [-0.2, -0.15) is 8.78 Å². The largest absolute Gasteiger partial charge is 0.433 e. The van der Waals surface area contributed by atoms with Gasteiger partial charge in [0.05, 0.1) is 28.7 Å². The second-order valence-corrected chi connectivity index (χ2v) is 6.54. The monoisotopic (exact) mass is 345 g/mol. The van der Waals surface area contributed by atoms with E-state index in [0.717, 1.165) is 18.2 Å². The van der Waals surface area contributed by atoms with E-state index in [1.54, 1.807) is 0 Å². The molecule has 0 aromatic heterocycles. The van der Waals surface area contributed by atoms with E-state index in [1.807, 2.05) is 0 Å². The van der Waals surface area contributed by atoms with Crippen LogP contribution < -0.4 is 9.46 Å². The minimum atomic E-state index is -4.11. The van der Waals surface area contributed by atoms with Gasteiger partial charge in [0.1, 0.15) is 5.75 Å². The molecule has 0 aliphatic heterocycles. The number of aliphatic hydroxyl groups excluding tert-OH is 2. The van der Waals surface area contributed by atoms with E-state index in [1.165, 1.54) is 6.92 Å². The molecule has 120 valence electrons. The number of alkyl halides is 2. The van der Waals surface area contributed by atoms with Gasteiger partial charge in [-0.3, -0.25) is 0 Å².